The van der Waals surface area contributed by atoms with Gasteiger partial charge in [0.1, 0.15) is 11.5 Å². The molecule has 0 aliphatic heterocycles. The number of aryl methyl sites for hydroxylation is 17. The molecule has 0 radical (unpaired) electrons. The third-order valence-corrected chi connectivity index (χ3v) is 17.6. The molecular weight excluding hydrogens is 1180 g/mol. The Morgan fingerprint density at radius 1 is 0.392 bits per heavy atom. The molecule has 12 rings (SSSR count). The van der Waals surface area contributed by atoms with Crippen molar-refractivity contribution < 1.29 is 19.1 Å². The van der Waals surface area contributed by atoms with Crippen LogP contribution in [-0.4, -0.2) is 11.9 Å². The monoisotopic (exact) mass is 1290 g/mol. The van der Waals surface area contributed by atoms with Gasteiger partial charge in [-0.2, -0.15) is 0 Å². The van der Waals surface area contributed by atoms with Gasteiger partial charge in [-0.25, -0.2) is 9.59 Å². The highest BCUT2D eigenvalue weighted by Gasteiger charge is 2.15. The molecular formula is C93H114O4. The first-order valence-electron chi connectivity index (χ1n) is 35.9. The fourth-order valence-electron chi connectivity index (χ4n) is 11.2. The molecule has 0 heterocycles. The Labute approximate surface area is 587 Å². The van der Waals surface area contributed by atoms with Crippen LogP contribution in [-0.2, 0) is 86.6 Å². The van der Waals surface area contributed by atoms with E-state index in [1.807, 2.05) is 62.4 Å². The molecule has 4 nitrogen and oxygen atoms in total. The smallest absolute Gasteiger partial charge is 0.338 e. The van der Waals surface area contributed by atoms with Crippen molar-refractivity contribution in [1.29, 1.82) is 0 Å². The van der Waals surface area contributed by atoms with Gasteiger partial charge < -0.3 is 9.47 Å². The Bertz CT molecular complexity index is 3720. The van der Waals surface area contributed by atoms with Crippen molar-refractivity contribution in [2.75, 3.05) is 0 Å². The molecule has 0 aromatic heterocycles. The van der Waals surface area contributed by atoms with Gasteiger partial charge in [-0.15, -0.1) is 0 Å². The van der Waals surface area contributed by atoms with Crippen molar-refractivity contribution in [1.82, 2.24) is 0 Å². The number of carbonyl (C=O) groups excluding carboxylic acids is 2. The lowest BCUT2D eigenvalue weighted by Gasteiger charge is -2.20. The standard InChI is InChI=1S/C15H22.C13H18.2C13H16.C11H12O2.C10H10O2.2C9H10/c1-2-3-4-5-6-7-13-8-9-14-10-11-15(14)12-13;1-2-3-4-5-11-6-7-12-8-9-13(12)10-11;1-3-4-5-6-9-13-10-7-8-12(2)11-13;1-3-4-5-6-7-13-10-8-12(2)9-11-13;1-8(2)11(12)13-10-6-4-9(3)5-7-10;1-3-10(11)12-9-6-4-8(2)5-7-9;1-7-2-3-8-4-5-9(8)6-7;1-7-3-2-4-8-5-6-9(7)8/h8-9,12H,2-7,10-11H2,1H3;6-7,10H,2-5,8-9H2,1H3;3-5,7-8,10-11H,1,6,9H2,2H3;3-5,8-11H,1,6-7H2,2H3;4-7H,1H2,2-3H3;3-7H,1H2,2H3;2-3,6H,4-5H2,1H3;2-4H,5-6H2,1H3/b;;2*5-4+;;;;. The fourth-order valence-corrected chi connectivity index (χ4v) is 11.2. The third kappa shape index (κ3) is 31.3. The quantitative estimate of drug-likeness (QED) is 0.0223. The Balaban J connectivity index is 0.000000201. The number of hydrogen-bond acceptors (Lipinski definition) is 4. The van der Waals surface area contributed by atoms with E-state index in [-0.39, 0.29) is 5.97 Å². The summed E-state index contributed by atoms with van der Waals surface area (Å²) in [7, 11) is 0. The average Bonchev–Trinajstić information content (AvgIpc) is 0.850. The second kappa shape index (κ2) is 45.6. The minimum Gasteiger partial charge on any atom is -0.423 e. The maximum Gasteiger partial charge on any atom is 0.338 e. The lowest BCUT2D eigenvalue weighted by molar-refractivity contribution is -0.130. The molecule has 8 aromatic rings. The summed E-state index contributed by atoms with van der Waals surface area (Å²) >= 11 is 0. The number of ether oxygens (including phenoxy) is 2. The minimum absolute atomic E-state index is 0.385. The van der Waals surface area contributed by atoms with E-state index >= 15 is 0 Å². The highest BCUT2D eigenvalue weighted by molar-refractivity contribution is 5.88. The summed E-state index contributed by atoms with van der Waals surface area (Å²) in [5, 5.41) is 0. The zero-order chi connectivity index (χ0) is 70.0. The van der Waals surface area contributed by atoms with Gasteiger partial charge in [-0.3, -0.25) is 0 Å². The van der Waals surface area contributed by atoms with Crippen LogP contribution < -0.4 is 9.47 Å². The number of esters is 2. The zero-order valence-corrected chi connectivity index (χ0v) is 60.7. The number of carbonyl (C=O) groups is 2. The Morgan fingerprint density at radius 2 is 0.804 bits per heavy atom. The first-order valence-corrected chi connectivity index (χ1v) is 35.9. The van der Waals surface area contributed by atoms with E-state index in [4.69, 9.17) is 9.47 Å². The van der Waals surface area contributed by atoms with Crippen molar-refractivity contribution in [3.05, 3.63) is 344 Å². The molecule has 0 bridgehead atoms. The Kier molecular flexibility index (Phi) is 37.0. The summed E-state index contributed by atoms with van der Waals surface area (Å²) in [6.45, 7) is 32.7. The number of hydrogen-bond donors (Lipinski definition) is 0. The van der Waals surface area contributed by atoms with E-state index < -0.39 is 5.97 Å². The van der Waals surface area contributed by atoms with Crippen molar-refractivity contribution >= 4 is 11.9 Å². The molecule has 97 heavy (non-hydrogen) atoms. The molecule has 0 atom stereocenters. The van der Waals surface area contributed by atoms with Crippen LogP contribution in [0.3, 0.4) is 0 Å². The summed E-state index contributed by atoms with van der Waals surface area (Å²) in [6.07, 6.45) is 41.5. The molecule has 0 unspecified atom stereocenters. The summed E-state index contributed by atoms with van der Waals surface area (Å²) in [6, 6.07) is 59.3. The maximum atomic E-state index is 11.1. The van der Waals surface area contributed by atoms with Gasteiger partial charge in [0.25, 0.3) is 0 Å². The molecule has 0 amide bonds. The van der Waals surface area contributed by atoms with Gasteiger partial charge in [0, 0.05) is 11.6 Å². The van der Waals surface area contributed by atoms with E-state index in [1.54, 1.807) is 86.8 Å². The predicted octanol–water partition coefficient (Wildman–Crippen LogP) is 23.9. The average molecular weight is 1300 g/mol. The molecule has 510 valence electrons. The van der Waals surface area contributed by atoms with E-state index in [0.717, 1.165) is 42.9 Å². The molecule has 0 spiro atoms. The molecule has 0 saturated heterocycles. The van der Waals surface area contributed by atoms with Crippen molar-refractivity contribution in [3.63, 3.8) is 0 Å². The second-order valence-corrected chi connectivity index (χ2v) is 26.1. The molecule has 4 aliphatic rings. The number of allylic oxidation sites excluding steroid dienone is 6. The highest BCUT2D eigenvalue weighted by atomic mass is 16.5. The molecule has 4 aliphatic carbocycles. The van der Waals surface area contributed by atoms with Crippen LogP contribution in [0, 0.1) is 41.5 Å². The molecule has 0 N–H and O–H groups in total. The highest BCUT2D eigenvalue weighted by Crippen LogP contribution is 2.28. The minimum atomic E-state index is -0.432. The number of rotatable bonds is 22. The summed E-state index contributed by atoms with van der Waals surface area (Å²) in [5.74, 6) is 0.284. The first-order chi connectivity index (χ1) is 47.0. The lowest BCUT2D eigenvalue weighted by atomic mass is 9.85. The van der Waals surface area contributed by atoms with Gasteiger partial charge in [0.15, 0.2) is 0 Å². The third-order valence-electron chi connectivity index (χ3n) is 17.6. The van der Waals surface area contributed by atoms with Crippen LogP contribution in [0.1, 0.15) is 185 Å². The van der Waals surface area contributed by atoms with E-state index in [9.17, 15) is 9.59 Å². The van der Waals surface area contributed by atoms with Crippen molar-refractivity contribution in [2.45, 2.75) is 204 Å². The van der Waals surface area contributed by atoms with E-state index in [2.05, 4.69) is 201 Å². The van der Waals surface area contributed by atoms with Crippen LogP contribution in [0.15, 0.2) is 244 Å². The Morgan fingerprint density at radius 3 is 1.23 bits per heavy atom. The number of benzene rings is 8. The summed E-state index contributed by atoms with van der Waals surface area (Å²) in [5.41, 5.74) is 26.8. The predicted molar refractivity (Wildman–Crippen MR) is 417 cm³/mol. The zero-order valence-electron chi connectivity index (χ0n) is 60.7. The van der Waals surface area contributed by atoms with Crippen LogP contribution in [0.5, 0.6) is 11.5 Å². The molecule has 4 heteroatoms. The molecule has 0 saturated carbocycles. The van der Waals surface area contributed by atoms with E-state index in [1.165, 1.54) is 149 Å². The Hall–Kier alpha value is -8.86. The summed E-state index contributed by atoms with van der Waals surface area (Å²) < 4.78 is 9.85. The van der Waals surface area contributed by atoms with Crippen LogP contribution in [0.4, 0.5) is 0 Å². The molecule has 8 aromatic carbocycles. The van der Waals surface area contributed by atoms with E-state index in [0.29, 0.717) is 17.1 Å². The van der Waals surface area contributed by atoms with Gasteiger partial charge in [0.05, 0.1) is 0 Å². The van der Waals surface area contributed by atoms with Gasteiger partial charge in [0.2, 0.25) is 0 Å². The van der Waals surface area contributed by atoms with Crippen molar-refractivity contribution in [2.24, 2.45) is 0 Å². The van der Waals surface area contributed by atoms with Crippen molar-refractivity contribution in [3.8, 4) is 11.5 Å². The lowest BCUT2D eigenvalue weighted by Crippen LogP contribution is -2.09. The topological polar surface area (TPSA) is 52.6 Å². The fraction of sp³-hybridized carbons (Fsp3) is 0.333. The van der Waals surface area contributed by atoms with Gasteiger partial charge >= 0.3 is 11.9 Å². The maximum absolute atomic E-state index is 11.1. The van der Waals surface area contributed by atoms with Crippen LogP contribution >= 0.6 is 0 Å². The number of fused-ring (bicyclic) bond motifs is 4. The van der Waals surface area contributed by atoms with Gasteiger partial charge in [-0.05, 0) is 248 Å². The first kappa shape index (κ1) is 78.8. The SMILES string of the molecule is C=C(C)C(=O)Oc1ccc(C)cc1.C=C/C=C/CCc1ccc(C)cc1.C=C/C=C/CCc1cccc(C)c1.C=CC(=O)Oc1ccc(C)cc1.CCCCCCCc1ccc2c(c1)CC2.CCCCCc1ccc2c(c1)CC2.Cc1ccc2c(c1)CC2.Cc1cccc2c1CC2. The number of unbranched alkanes of at least 4 members (excludes halogenated alkanes) is 6. The normalized spacial score (nSPS) is 11.8. The summed E-state index contributed by atoms with van der Waals surface area (Å²) in [4.78, 5) is 21.8. The van der Waals surface area contributed by atoms with Crippen LogP contribution in [0.25, 0.3) is 0 Å². The van der Waals surface area contributed by atoms with Crippen LogP contribution in [0.2, 0.25) is 0 Å². The van der Waals surface area contributed by atoms with Gasteiger partial charge in [-0.1, -0.05) is 289 Å². The second-order valence-electron chi connectivity index (χ2n) is 26.1. The molecule has 0 fully saturated rings. The largest absolute Gasteiger partial charge is 0.423 e.